The number of nitrogens with zero attached hydrogens (tertiary/aromatic N) is 2. The summed E-state index contributed by atoms with van der Waals surface area (Å²) in [6.45, 7) is 4.01. The van der Waals surface area contributed by atoms with E-state index in [0.29, 0.717) is 16.5 Å². The van der Waals surface area contributed by atoms with Gasteiger partial charge in [0.2, 0.25) is 15.7 Å². The zero-order valence-electron chi connectivity index (χ0n) is 16.2. The van der Waals surface area contributed by atoms with Crippen molar-refractivity contribution in [3.8, 4) is 11.3 Å². The van der Waals surface area contributed by atoms with Crippen molar-refractivity contribution in [2.75, 3.05) is 30.8 Å². The lowest BCUT2D eigenvalue weighted by molar-refractivity contribution is 0.0964. The van der Waals surface area contributed by atoms with Gasteiger partial charge in [-0.05, 0) is 30.3 Å². The maximum absolute atomic E-state index is 13.4. The van der Waals surface area contributed by atoms with Gasteiger partial charge in [-0.3, -0.25) is 4.79 Å². The molecule has 0 atom stereocenters. The second kappa shape index (κ2) is 7.13. The Hall–Kier alpha value is -3.40. The Balaban J connectivity index is 2.04. The number of rotatable bonds is 3. The van der Waals surface area contributed by atoms with Gasteiger partial charge in [-0.1, -0.05) is 6.58 Å². The van der Waals surface area contributed by atoms with E-state index in [4.69, 9.17) is 9.15 Å². The summed E-state index contributed by atoms with van der Waals surface area (Å²) in [5, 5.41) is 2.91. The molecule has 10 heteroatoms. The number of benzene rings is 1. The minimum absolute atomic E-state index is 0.0528. The van der Waals surface area contributed by atoms with E-state index in [2.05, 4.69) is 16.9 Å². The van der Waals surface area contributed by atoms with Crippen molar-refractivity contribution in [1.82, 2.24) is 10.3 Å². The van der Waals surface area contributed by atoms with Crippen LogP contribution in [0.2, 0.25) is 0 Å². The highest BCUT2D eigenvalue weighted by Gasteiger charge is 2.30. The van der Waals surface area contributed by atoms with E-state index >= 15 is 0 Å². The monoisotopic (exact) mass is 431 g/mol. The molecule has 0 saturated carbocycles. The molecule has 1 aliphatic rings. The number of hydrogen-bond acceptors (Lipinski definition) is 6. The third-order valence-corrected chi connectivity index (χ3v) is 5.89. The molecule has 8 nitrogen and oxygen atoms in total. The number of anilines is 1. The van der Waals surface area contributed by atoms with Crippen LogP contribution in [0.5, 0.6) is 0 Å². The summed E-state index contributed by atoms with van der Waals surface area (Å²) in [6, 6.07) is 7.04. The van der Waals surface area contributed by atoms with Gasteiger partial charge < -0.3 is 14.5 Å². The zero-order valence-corrected chi connectivity index (χ0v) is 17.0. The summed E-state index contributed by atoms with van der Waals surface area (Å²) in [7, 11) is -2.18. The lowest BCUT2D eigenvalue weighted by Crippen LogP contribution is -2.32. The van der Waals surface area contributed by atoms with Gasteiger partial charge in [0.05, 0.1) is 29.3 Å². The van der Waals surface area contributed by atoms with Crippen LogP contribution in [-0.2, 0) is 14.8 Å². The van der Waals surface area contributed by atoms with E-state index in [1.807, 2.05) is 0 Å². The summed E-state index contributed by atoms with van der Waals surface area (Å²) >= 11 is 0. The fourth-order valence-electron chi connectivity index (χ4n) is 3.32. The maximum atomic E-state index is 13.4. The van der Waals surface area contributed by atoms with Crippen molar-refractivity contribution in [2.45, 2.75) is 0 Å². The molecule has 4 rings (SSSR count). The van der Waals surface area contributed by atoms with Gasteiger partial charge >= 0.3 is 0 Å². The largest absolute Gasteiger partial charge is 0.492 e. The fourth-order valence-corrected chi connectivity index (χ4v) is 4.18. The third kappa shape index (κ3) is 3.28. The molecular weight excluding hydrogens is 413 g/mol. The van der Waals surface area contributed by atoms with Gasteiger partial charge in [0.1, 0.15) is 23.9 Å². The SMILES string of the molecule is C=C1OCCN(S(C)(=O)=O)c2nc3oc(-c4ccc(F)cc4)c(C(=O)NC)c3cc21. The maximum Gasteiger partial charge on any atom is 0.255 e. The van der Waals surface area contributed by atoms with Crippen molar-refractivity contribution in [3.63, 3.8) is 0 Å². The topological polar surface area (TPSA) is 102 Å². The summed E-state index contributed by atoms with van der Waals surface area (Å²) in [6.07, 6.45) is 1.07. The Morgan fingerprint density at radius 3 is 2.63 bits per heavy atom. The van der Waals surface area contributed by atoms with Gasteiger partial charge in [-0.15, -0.1) is 0 Å². The van der Waals surface area contributed by atoms with E-state index in [9.17, 15) is 17.6 Å². The quantitative estimate of drug-likeness (QED) is 0.684. The van der Waals surface area contributed by atoms with E-state index in [1.54, 1.807) is 6.07 Å². The number of furan rings is 1. The Labute approximate surface area is 172 Å². The molecule has 3 heterocycles. The first-order chi connectivity index (χ1) is 14.2. The second-order valence-corrected chi connectivity index (χ2v) is 8.62. The number of aromatic nitrogens is 1. The van der Waals surface area contributed by atoms with Crippen LogP contribution in [0.3, 0.4) is 0 Å². The van der Waals surface area contributed by atoms with Crippen molar-refractivity contribution in [1.29, 1.82) is 0 Å². The van der Waals surface area contributed by atoms with Crippen LogP contribution in [0.4, 0.5) is 10.2 Å². The Kier molecular flexibility index (Phi) is 4.73. The van der Waals surface area contributed by atoms with E-state index < -0.39 is 21.7 Å². The number of fused-ring (bicyclic) bond motifs is 2. The molecule has 1 aromatic carbocycles. The number of hydrogen-bond donors (Lipinski definition) is 1. The summed E-state index contributed by atoms with van der Waals surface area (Å²) in [5.41, 5.74) is 1.06. The number of ether oxygens (including phenoxy) is 1. The number of carbonyl (C=O) groups excluding carboxylic acids is 1. The summed E-state index contributed by atoms with van der Waals surface area (Å²) in [4.78, 5) is 17.1. The molecule has 30 heavy (non-hydrogen) atoms. The van der Waals surface area contributed by atoms with Crippen molar-refractivity contribution in [3.05, 3.63) is 53.9 Å². The number of amides is 1. The molecule has 0 unspecified atom stereocenters. The number of carbonyl (C=O) groups is 1. The lowest BCUT2D eigenvalue weighted by atomic mass is 10.0. The second-order valence-electron chi connectivity index (χ2n) is 6.71. The van der Waals surface area contributed by atoms with Gasteiger partial charge in [0, 0.05) is 12.6 Å². The number of halogens is 1. The van der Waals surface area contributed by atoms with Gasteiger partial charge in [-0.2, -0.15) is 4.98 Å². The van der Waals surface area contributed by atoms with Crippen LogP contribution in [0.15, 0.2) is 41.3 Å². The van der Waals surface area contributed by atoms with Crippen molar-refractivity contribution < 1.29 is 26.8 Å². The highest BCUT2D eigenvalue weighted by atomic mass is 32.2. The van der Waals surface area contributed by atoms with Crippen LogP contribution < -0.4 is 9.62 Å². The van der Waals surface area contributed by atoms with Crippen LogP contribution >= 0.6 is 0 Å². The third-order valence-electron chi connectivity index (χ3n) is 4.73. The van der Waals surface area contributed by atoms with E-state index in [1.165, 1.54) is 31.3 Å². The van der Waals surface area contributed by atoms with Crippen LogP contribution in [0, 0.1) is 5.82 Å². The predicted octanol–water partition coefficient (Wildman–Crippen LogP) is 2.76. The molecule has 156 valence electrons. The fraction of sp³-hybridized carbons (Fsp3) is 0.200. The first kappa shape index (κ1) is 19.9. The minimum atomic E-state index is -3.65. The average Bonchev–Trinajstić information content (AvgIpc) is 2.98. The molecule has 0 aliphatic carbocycles. The molecule has 3 aromatic rings. The van der Waals surface area contributed by atoms with Gasteiger partial charge in [0.15, 0.2) is 5.82 Å². The van der Waals surface area contributed by atoms with Crippen LogP contribution in [-0.4, -0.2) is 45.8 Å². The lowest BCUT2D eigenvalue weighted by Gasteiger charge is -2.19. The number of pyridine rings is 1. The highest BCUT2D eigenvalue weighted by molar-refractivity contribution is 7.92. The Bertz CT molecular complexity index is 1280. The van der Waals surface area contributed by atoms with E-state index in [-0.39, 0.29) is 41.8 Å². The molecular formula is C20H18FN3O5S. The molecule has 1 N–H and O–H groups in total. The molecule has 0 radical (unpaired) electrons. The highest BCUT2D eigenvalue weighted by Crippen LogP contribution is 2.38. The molecule has 0 spiro atoms. The van der Waals surface area contributed by atoms with Crippen molar-refractivity contribution >= 4 is 38.6 Å². The molecule has 2 aromatic heterocycles. The summed E-state index contributed by atoms with van der Waals surface area (Å²) < 4.78 is 50.5. The molecule has 0 saturated heterocycles. The van der Waals surface area contributed by atoms with Crippen LogP contribution in [0.25, 0.3) is 28.2 Å². The Morgan fingerprint density at radius 1 is 1.30 bits per heavy atom. The summed E-state index contributed by atoms with van der Waals surface area (Å²) in [5.74, 6) is -0.337. The molecule has 0 fully saturated rings. The van der Waals surface area contributed by atoms with Gasteiger partial charge in [0.25, 0.3) is 5.91 Å². The molecule has 1 amide bonds. The standard InChI is InChI=1S/C20H18FN3O5S/c1-11-14-10-15-16(19(25)22-2)17(12-4-6-13(21)7-5-12)29-20(15)23-18(14)24(8-9-28-11)30(3,26)27/h4-7,10H,1,8-9H2,2-3H3,(H,22,25). The Morgan fingerprint density at radius 2 is 2.00 bits per heavy atom. The van der Waals surface area contributed by atoms with Crippen molar-refractivity contribution in [2.24, 2.45) is 0 Å². The number of nitrogens with one attached hydrogen (secondary N) is 1. The minimum Gasteiger partial charge on any atom is -0.492 e. The first-order valence-electron chi connectivity index (χ1n) is 8.96. The smallest absolute Gasteiger partial charge is 0.255 e. The zero-order chi connectivity index (χ0) is 21.6. The average molecular weight is 431 g/mol. The predicted molar refractivity (Wildman–Crippen MR) is 110 cm³/mol. The van der Waals surface area contributed by atoms with Crippen LogP contribution in [0.1, 0.15) is 15.9 Å². The molecule has 1 aliphatic heterocycles. The van der Waals surface area contributed by atoms with E-state index in [0.717, 1.165) is 10.6 Å². The number of sulfonamides is 1. The van der Waals surface area contributed by atoms with Gasteiger partial charge in [-0.25, -0.2) is 17.1 Å². The molecule has 0 bridgehead atoms. The first-order valence-corrected chi connectivity index (χ1v) is 10.8. The normalized spacial score (nSPS) is 14.2.